The Bertz CT molecular complexity index is 1100. The Morgan fingerprint density at radius 2 is 1.90 bits per heavy atom. The van der Waals surface area contributed by atoms with E-state index in [1.165, 1.54) is 11.8 Å². The monoisotopic (exact) mass is 477 g/mol. The fourth-order valence-corrected chi connectivity index (χ4v) is 4.02. The van der Waals surface area contributed by atoms with Gasteiger partial charge in [0, 0.05) is 17.1 Å². The van der Waals surface area contributed by atoms with E-state index < -0.39 is 0 Å². The maximum absolute atomic E-state index is 12.4. The molecule has 3 rings (SSSR count). The summed E-state index contributed by atoms with van der Waals surface area (Å²) >= 11 is 13.3. The van der Waals surface area contributed by atoms with Crippen LogP contribution in [0.25, 0.3) is 0 Å². The van der Waals surface area contributed by atoms with E-state index in [1.807, 2.05) is 36.6 Å². The largest absolute Gasteiger partial charge is 0.345 e. The Hall–Kier alpha value is -2.55. The van der Waals surface area contributed by atoms with Crippen LogP contribution in [0.4, 0.5) is 5.69 Å². The molecule has 1 heterocycles. The topological polar surface area (TPSA) is 88.9 Å². The molecule has 10 heteroatoms. The van der Waals surface area contributed by atoms with Crippen molar-refractivity contribution < 1.29 is 9.59 Å². The molecule has 1 aromatic heterocycles. The summed E-state index contributed by atoms with van der Waals surface area (Å²) in [6.45, 7) is 4.68. The number of hydrogen-bond acceptors (Lipinski definition) is 5. The molecule has 0 saturated heterocycles. The van der Waals surface area contributed by atoms with Gasteiger partial charge in [-0.25, -0.2) is 0 Å². The fourth-order valence-electron chi connectivity index (χ4n) is 2.87. The third-order valence-electron chi connectivity index (χ3n) is 4.44. The Morgan fingerprint density at radius 1 is 1.13 bits per heavy atom. The molecular formula is C21H21Cl2N5O2S. The number of carbonyl (C=O) groups excluding carboxylic acids is 2. The summed E-state index contributed by atoms with van der Waals surface area (Å²) in [5, 5.41) is 15.4. The Labute approximate surface area is 194 Å². The number of hydrogen-bond donors (Lipinski definition) is 2. The lowest BCUT2D eigenvalue weighted by atomic mass is 10.1. The first-order valence-corrected chi connectivity index (χ1v) is 11.3. The van der Waals surface area contributed by atoms with Crippen molar-refractivity contribution in [1.82, 2.24) is 20.1 Å². The molecular weight excluding hydrogens is 457 g/mol. The molecule has 7 nitrogen and oxygen atoms in total. The van der Waals surface area contributed by atoms with E-state index in [-0.39, 0.29) is 24.1 Å². The molecule has 0 atom stereocenters. The number of aromatic nitrogens is 3. The number of rotatable bonds is 8. The first-order chi connectivity index (χ1) is 14.9. The van der Waals surface area contributed by atoms with Crippen LogP contribution in [0.2, 0.25) is 10.0 Å². The maximum Gasteiger partial charge on any atom is 0.251 e. The van der Waals surface area contributed by atoms with Crippen LogP contribution in [0.3, 0.4) is 0 Å². The van der Waals surface area contributed by atoms with Crippen LogP contribution in [0.1, 0.15) is 28.7 Å². The third kappa shape index (κ3) is 6.00. The van der Waals surface area contributed by atoms with Gasteiger partial charge in [-0.3, -0.25) is 9.59 Å². The van der Waals surface area contributed by atoms with E-state index in [4.69, 9.17) is 23.2 Å². The highest BCUT2D eigenvalue weighted by atomic mass is 35.5. The summed E-state index contributed by atoms with van der Waals surface area (Å²) in [7, 11) is 0. The third-order valence-corrected chi connectivity index (χ3v) is 5.97. The summed E-state index contributed by atoms with van der Waals surface area (Å²) in [6.07, 6.45) is 0. The average Bonchev–Trinajstić information content (AvgIpc) is 3.15. The lowest BCUT2D eigenvalue weighted by Crippen LogP contribution is -2.25. The van der Waals surface area contributed by atoms with Crippen LogP contribution < -0.4 is 10.6 Å². The molecule has 162 valence electrons. The number of nitrogens with zero attached hydrogens (tertiary/aromatic N) is 3. The van der Waals surface area contributed by atoms with Gasteiger partial charge in [-0.2, -0.15) is 0 Å². The molecule has 0 aliphatic carbocycles. The van der Waals surface area contributed by atoms with E-state index in [0.29, 0.717) is 38.8 Å². The highest BCUT2D eigenvalue weighted by Crippen LogP contribution is 2.26. The first-order valence-electron chi connectivity index (χ1n) is 9.52. The summed E-state index contributed by atoms with van der Waals surface area (Å²) < 4.78 is 1.86. The van der Waals surface area contributed by atoms with Gasteiger partial charge in [0.05, 0.1) is 23.0 Å². The molecule has 2 N–H and O–H groups in total. The normalized spacial score (nSPS) is 10.7. The minimum Gasteiger partial charge on any atom is -0.345 e. The molecule has 0 unspecified atom stereocenters. The Kier molecular flexibility index (Phi) is 7.95. The molecule has 3 aromatic rings. The van der Waals surface area contributed by atoms with Crippen molar-refractivity contribution in [2.24, 2.45) is 0 Å². The maximum atomic E-state index is 12.4. The standard InChI is InChI=1S/C21H21Cl2N5O2S/c1-3-28-18(11-24-20(30)15-7-5-4-6-13(15)2)26-27-21(28)31-12-19(29)25-17-10-14(22)8-9-16(17)23/h4-10H,3,11-12H2,1-2H3,(H,24,30)(H,25,29). The van der Waals surface area contributed by atoms with Crippen LogP contribution in [-0.4, -0.2) is 32.3 Å². The van der Waals surface area contributed by atoms with Gasteiger partial charge < -0.3 is 15.2 Å². The molecule has 0 aliphatic heterocycles. The molecule has 31 heavy (non-hydrogen) atoms. The summed E-state index contributed by atoms with van der Waals surface area (Å²) in [6, 6.07) is 12.2. The number of thioether (sulfide) groups is 1. The van der Waals surface area contributed by atoms with Gasteiger partial charge in [0.25, 0.3) is 5.91 Å². The van der Waals surface area contributed by atoms with E-state index in [0.717, 1.165) is 5.56 Å². The zero-order valence-corrected chi connectivity index (χ0v) is 19.3. The van der Waals surface area contributed by atoms with Crippen molar-refractivity contribution in [2.75, 3.05) is 11.1 Å². The van der Waals surface area contributed by atoms with Gasteiger partial charge in [0.1, 0.15) is 0 Å². The smallest absolute Gasteiger partial charge is 0.251 e. The highest BCUT2D eigenvalue weighted by molar-refractivity contribution is 7.99. The van der Waals surface area contributed by atoms with Gasteiger partial charge in [-0.05, 0) is 43.7 Å². The predicted octanol–water partition coefficient (Wildman–Crippen LogP) is 4.57. The zero-order valence-electron chi connectivity index (χ0n) is 17.0. The second-order valence-corrected chi connectivity index (χ2v) is 8.39. The average molecular weight is 478 g/mol. The number of anilines is 1. The summed E-state index contributed by atoms with van der Waals surface area (Å²) in [4.78, 5) is 24.7. The van der Waals surface area contributed by atoms with Crippen LogP contribution in [0.15, 0.2) is 47.6 Å². The molecule has 0 bridgehead atoms. The van der Waals surface area contributed by atoms with Crippen LogP contribution in [0.5, 0.6) is 0 Å². The number of aryl methyl sites for hydroxylation is 1. The fraction of sp³-hybridized carbons (Fsp3) is 0.238. The van der Waals surface area contributed by atoms with Crippen LogP contribution in [0, 0.1) is 6.92 Å². The summed E-state index contributed by atoms with van der Waals surface area (Å²) in [5.74, 6) is 0.325. The number of halogens is 2. The second-order valence-electron chi connectivity index (χ2n) is 6.60. The predicted molar refractivity (Wildman–Crippen MR) is 124 cm³/mol. The van der Waals surface area contributed by atoms with Crippen molar-refractivity contribution >= 4 is 52.5 Å². The second kappa shape index (κ2) is 10.7. The van der Waals surface area contributed by atoms with Gasteiger partial charge >= 0.3 is 0 Å². The van der Waals surface area contributed by atoms with Crippen LogP contribution >= 0.6 is 35.0 Å². The molecule has 0 spiro atoms. The number of nitrogens with one attached hydrogen (secondary N) is 2. The van der Waals surface area contributed by atoms with Gasteiger partial charge in [-0.1, -0.05) is 53.2 Å². The van der Waals surface area contributed by atoms with Crippen molar-refractivity contribution in [3.8, 4) is 0 Å². The molecule has 0 aliphatic rings. The van der Waals surface area contributed by atoms with Crippen molar-refractivity contribution in [2.45, 2.75) is 32.1 Å². The van der Waals surface area contributed by atoms with E-state index in [9.17, 15) is 9.59 Å². The molecule has 2 amide bonds. The minimum atomic E-state index is -0.241. The van der Waals surface area contributed by atoms with Crippen molar-refractivity contribution in [1.29, 1.82) is 0 Å². The first kappa shape index (κ1) is 23.1. The van der Waals surface area contributed by atoms with E-state index in [1.54, 1.807) is 24.3 Å². The molecule has 0 saturated carbocycles. The van der Waals surface area contributed by atoms with E-state index >= 15 is 0 Å². The molecule has 0 fully saturated rings. The molecule has 2 aromatic carbocycles. The number of benzene rings is 2. The van der Waals surface area contributed by atoms with E-state index in [2.05, 4.69) is 20.8 Å². The van der Waals surface area contributed by atoms with Gasteiger partial charge in [-0.15, -0.1) is 10.2 Å². The lowest BCUT2D eigenvalue weighted by molar-refractivity contribution is -0.113. The SMILES string of the molecule is CCn1c(CNC(=O)c2ccccc2C)nnc1SCC(=O)Nc1cc(Cl)ccc1Cl. The number of carbonyl (C=O) groups is 2. The van der Waals surface area contributed by atoms with Crippen molar-refractivity contribution in [3.63, 3.8) is 0 Å². The Balaban J connectivity index is 1.59. The quantitative estimate of drug-likeness (QED) is 0.463. The number of amides is 2. The lowest BCUT2D eigenvalue weighted by Gasteiger charge is -2.10. The summed E-state index contributed by atoms with van der Waals surface area (Å²) in [5.41, 5.74) is 1.98. The van der Waals surface area contributed by atoms with Crippen LogP contribution in [-0.2, 0) is 17.9 Å². The molecule has 0 radical (unpaired) electrons. The van der Waals surface area contributed by atoms with Gasteiger partial charge in [0.15, 0.2) is 11.0 Å². The van der Waals surface area contributed by atoms with Gasteiger partial charge in [0.2, 0.25) is 5.91 Å². The Morgan fingerprint density at radius 3 is 2.65 bits per heavy atom. The zero-order chi connectivity index (χ0) is 22.4. The highest BCUT2D eigenvalue weighted by Gasteiger charge is 2.15. The minimum absolute atomic E-state index is 0.122. The van der Waals surface area contributed by atoms with Crippen molar-refractivity contribution in [3.05, 3.63) is 69.5 Å².